The van der Waals surface area contributed by atoms with E-state index in [0.29, 0.717) is 6.04 Å². The number of carboxylic acid groups (broad SMARTS) is 1. The predicted molar refractivity (Wildman–Crippen MR) is 159 cm³/mol. The summed E-state index contributed by atoms with van der Waals surface area (Å²) in [5.74, 6) is -0.0285. The van der Waals surface area contributed by atoms with Gasteiger partial charge in [-0.2, -0.15) is 0 Å². The van der Waals surface area contributed by atoms with E-state index in [0.717, 1.165) is 57.4 Å². The first-order valence-corrected chi connectivity index (χ1v) is 14.0. The van der Waals surface area contributed by atoms with Crippen LogP contribution in [0.5, 0.6) is 0 Å². The largest absolute Gasteiger partial charge is 0.478 e. The highest BCUT2D eigenvalue weighted by Gasteiger charge is 2.25. The number of benzene rings is 4. The molecule has 5 heteroatoms. The van der Waals surface area contributed by atoms with Crippen LogP contribution >= 0.6 is 0 Å². The van der Waals surface area contributed by atoms with E-state index in [4.69, 9.17) is 9.97 Å². The molecule has 6 aromatic rings. The average molecular weight is 522 g/mol. The number of aromatic carboxylic acids is 1. The summed E-state index contributed by atoms with van der Waals surface area (Å²) in [5, 5.41) is 10.7. The van der Waals surface area contributed by atoms with Crippen molar-refractivity contribution in [1.29, 1.82) is 0 Å². The Morgan fingerprint density at radius 3 is 2.35 bits per heavy atom. The summed E-state index contributed by atoms with van der Waals surface area (Å²) in [6.07, 6.45) is 5.89. The first-order chi connectivity index (χ1) is 19.6. The molecule has 0 amide bonds. The van der Waals surface area contributed by atoms with Crippen LogP contribution in [-0.2, 0) is 0 Å². The Labute approximate surface area is 231 Å². The molecule has 2 heterocycles. The normalized spacial score (nSPS) is 14.6. The second-order valence-electron chi connectivity index (χ2n) is 11.0. The Balaban J connectivity index is 1.27. The molecule has 4 aromatic carbocycles. The van der Waals surface area contributed by atoms with E-state index >= 15 is 0 Å². The molecule has 0 saturated heterocycles. The van der Waals surface area contributed by atoms with Crippen molar-refractivity contribution in [3.63, 3.8) is 0 Å². The zero-order valence-corrected chi connectivity index (χ0v) is 22.0. The third-order valence-corrected chi connectivity index (χ3v) is 8.62. The van der Waals surface area contributed by atoms with Crippen LogP contribution in [0.2, 0.25) is 0 Å². The van der Waals surface area contributed by atoms with Crippen LogP contribution in [0.1, 0.15) is 48.5 Å². The number of hydrogen-bond acceptors (Lipinski definition) is 3. The van der Waals surface area contributed by atoms with Crippen LogP contribution in [0.15, 0.2) is 91.0 Å². The third-order valence-electron chi connectivity index (χ3n) is 8.62. The molecule has 2 bridgehead atoms. The topological polar surface area (TPSA) is 68.0 Å². The fourth-order valence-corrected chi connectivity index (χ4v) is 6.66. The maximum atomic E-state index is 11.7. The predicted octanol–water partition coefficient (Wildman–Crippen LogP) is 8.77. The molecule has 0 radical (unpaired) electrons. The SMILES string of the molecule is O=C(O)c1ccc2c(c1)nc(-c1ccc3nc4c(cc3c1)-c1ccc(-c3ccccc3)c-4c1)n2C1CCCCC1. The van der Waals surface area contributed by atoms with Crippen LogP contribution < -0.4 is 0 Å². The van der Waals surface area contributed by atoms with Gasteiger partial charge in [0, 0.05) is 28.1 Å². The second kappa shape index (κ2) is 8.88. The lowest BCUT2D eigenvalue weighted by Gasteiger charge is -2.25. The van der Waals surface area contributed by atoms with Crippen LogP contribution in [0.4, 0.5) is 0 Å². The standard InChI is InChI=1S/C35H27N3O2/c39-35(40)24-13-16-32-31(20-24)37-34(38(32)26-9-5-2-6-10-26)23-12-15-30-25(17-23)19-28-22-11-14-27(21-7-3-1-4-8-21)29(18-22)33(28)36-30/h1,3-4,7-8,11-20,26H,2,5-6,9-10H2,(H,39,40). The average Bonchev–Trinajstić information content (AvgIpc) is 3.51. The van der Waals surface area contributed by atoms with Gasteiger partial charge in [0.1, 0.15) is 5.82 Å². The van der Waals surface area contributed by atoms with E-state index in [9.17, 15) is 9.90 Å². The molecule has 2 aliphatic carbocycles. The number of nitrogens with zero attached hydrogens (tertiary/aromatic N) is 3. The lowest BCUT2D eigenvalue weighted by Crippen LogP contribution is -2.14. The van der Waals surface area contributed by atoms with Gasteiger partial charge in [-0.15, -0.1) is 0 Å². The van der Waals surface area contributed by atoms with Gasteiger partial charge in [0.05, 0.1) is 27.8 Å². The van der Waals surface area contributed by atoms with Crippen LogP contribution in [-0.4, -0.2) is 25.6 Å². The number of carboxylic acids is 1. The number of rotatable bonds is 4. The zero-order chi connectivity index (χ0) is 26.8. The van der Waals surface area contributed by atoms with Crippen molar-refractivity contribution in [2.45, 2.75) is 38.1 Å². The molecule has 5 nitrogen and oxygen atoms in total. The highest BCUT2D eigenvalue weighted by Crippen LogP contribution is 2.46. The lowest BCUT2D eigenvalue weighted by atomic mass is 9.94. The molecule has 0 spiro atoms. The molecule has 2 aliphatic rings. The molecule has 2 aromatic heterocycles. The quantitative estimate of drug-likeness (QED) is 0.251. The number of aromatic nitrogens is 3. The van der Waals surface area contributed by atoms with E-state index in [1.807, 2.05) is 12.1 Å². The Bertz CT molecular complexity index is 1970. The van der Waals surface area contributed by atoms with E-state index in [-0.39, 0.29) is 5.56 Å². The molecule has 1 saturated carbocycles. The molecule has 1 N–H and O–H groups in total. The Morgan fingerprint density at radius 2 is 1.52 bits per heavy atom. The fourth-order valence-electron chi connectivity index (χ4n) is 6.66. The summed E-state index contributed by atoms with van der Waals surface area (Å²) in [7, 11) is 0. The van der Waals surface area contributed by atoms with Gasteiger partial charge < -0.3 is 9.67 Å². The van der Waals surface area contributed by atoms with Crippen LogP contribution in [0, 0.1) is 0 Å². The van der Waals surface area contributed by atoms with Crippen molar-refractivity contribution >= 4 is 27.9 Å². The first-order valence-electron chi connectivity index (χ1n) is 14.0. The summed E-state index contributed by atoms with van der Waals surface area (Å²) in [6, 6.07) is 31.5. The summed E-state index contributed by atoms with van der Waals surface area (Å²) in [6.45, 7) is 0. The molecule has 0 unspecified atom stereocenters. The van der Waals surface area contributed by atoms with Gasteiger partial charge in [0.25, 0.3) is 0 Å². The molecular formula is C35H27N3O2. The molecule has 8 rings (SSSR count). The summed E-state index contributed by atoms with van der Waals surface area (Å²) in [4.78, 5) is 21.9. The number of carbonyl (C=O) groups is 1. The van der Waals surface area contributed by atoms with Crippen LogP contribution in [0.3, 0.4) is 0 Å². The van der Waals surface area contributed by atoms with Crippen molar-refractivity contribution in [2.24, 2.45) is 0 Å². The van der Waals surface area contributed by atoms with Crippen molar-refractivity contribution in [2.75, 3.05) is 0 Å². The van der Waals surface area contributed by atoms with Crippen molar-refractivity contribution < 1.29 is 9.90 Å². The van der Waals surface area contributed by atoms with E-state index in [2.05, 4.69) is 71.3 Å². The molecule has 1 fully saturated rings. The van der Waals surface area contributed by atoms with Crippen LogP contribution in [0.25, 0.3) is 66.8 Å². The first kappa shape index (κ1) is 23.1. The van der Waals surface area contributed by atoms with Crippen molar-refractivity contribution in [1.82, 2.24) is 14.5 Å². The smallest absolute Gasteiger partial charge is 0.335 e. The Kier molecular flexibility index (Phi) is 5.14. The van der Waals surface area contributed by atoms with E-state index < -0.39 is 5.97 Å². The third kappa shape index (κ3) is 3.58. The summed E-state index contributed by atoms with van der Waals surface area (Å²) in [5.41, 5.74) is 11.0. The number of pyridine rings is 1. The summed E-state index contributed by atoms with van der Waals surface area (Å²) >= 11 is 0. The van der Waals surface area contributed by atoms with Gasteiger partial charge in [-0.1, -0.05) is 61.7 Å². The zero-order valence-electron chi connectivity index (χ0n) is 22.0. The molecular weight excluding hydrogens is 494 g/mol. The molecule has 0 atom stereocenters. The summed E-state index contributed by atoms with van der Waals surface area (Å²) < 4.78 is 2.36. The Morgan fingerprint density at radius 1 is 0.700 bits per heavy atom. The molecule has 40 heavy (non-hydrogen) atoms. The Hall–Kier alpha value is -4.77. The van der Waals surface area contributed by atoms with Gasteiger partial charge in [-0.25, -0.2) is 14.8 Å². The monoisotopic (exact) mass is 521 g/mol. The van der Waals surface area contributed by atoms with Gasteiger partial charge in [-0.3, -0.25) is 0 Å². The highest BCUT2D eigenvalue weighted by atomic mass is 16.4. The minimum absolute atomic E-state index is 0.266. The van der Waals surface area contributed by atoms with Gasteiger partial charge >= 0.3 is 5.97 Å². The van der Waals surface area contributed by atoms with Gasteiger partial charge in [0.2, 0.25) is 0 Å². The highest BCUT2D eigenvalue weighted by molar-refractivity contribution is 6.02. The fraction of sp³-hybridized carbons (Fsp3) is 0.171. The molecule has 0 aliphatic heterocycles. The number of hydrogen-bond donors (Lipinski definition) is 1. The maximum Gasteiger partial charge on any atom is 0.335 e. The second-order valence-corrected chi connectivity index (χ2v) is 11.0. The van der Waals surface area contributed by atoms with E-state index in [1.165, 1.54) is 41.5 Å². The lowest BCUT2D eigenvalue weighted by molar-refractivity contribution is 0.0697. The molecule has 194 valence electrons. The minimum Gasteiger partial charge on any atom is -0.478 e. The minimum atomic E-state index is -0.930. The van der Waals surface area contributed by atoms with Crippen molar-refractivity contribution in [3.05, 3.63) is 96.6 Å². The van der Waals surface area contributed by atoms with Gasteiger partial charge in [-0.05, 0) is 78.1 Å². The van der Waals surface area contributed by atoms with Gasteiger partial charge in [0.15, 0.2) is 0 Å². The van der Waals surface area contributed by atoms with E-state index in [1.54, 1.807) is 12.1 Å². The maximum absolute atomic E-state index is 11.7. The van der Waals surface area contributed by atoms with Crippen molar-refractivity contribution in [3.8, 4) is 44.9 Å². The number of imidazole rings is 1. The number of fused-ring (bicyclic) bond motifs is 7.